The third-order valence-corrected chi connectivity index (χ3v) is 2.40. The number of halogens is 1. The Labute approximate surface area is 86.6 Å². The molecule has 0 fully saturated rings. The predicted octanol–water partition coefficient (Wildman–Crippen LogP) is 3.34. The summed E-state index contributed by atoms with van der Waals surface area (Å²) in [6, 6.07) is 7.55. The van der Waals surface area contributed by atoms with Gasteiger partial charge in [0.2, 0.25) is 0 Å². The number of carbonyl (C=O) groups is 1. The van der Waals surface area contributed by atoms with Crippen molar-refractivity contribution < 1.29 is 4.79 Å². The van der Waals surface area contributed by atoms with E-state index in [1.165, 1.54) is 0 Å². The SMILES string of the molecule is C=C(C)C(=O)c1ccccc1CBr. The van der Waals surface area contributed by atoms with E-state index < -0.39 is 0 Å². The molecule has 0 unspecified atom stereocenters. The highest BCUT2D eigenvalue weighted by molar-refractivity contribution is 9.08. The third-order valence-electron chi connectivity index (χ3n) is 1.79. The first-order valence-corrected chi connectivity index (χ1v) is 5.13. The van der Waals surface area contributed by atoms with Crippen LogP contribution in [0.4, 0.5) is 0 Å². The second kappa shape index (κ2) is 4.38. The van der Waals surface area contributed by atoms with Gasteiger partial charge in [0.05, 0.1) is 0 Å². The minimum absolute atomic E-state index is 0.0232. The summed E-state index contributed by atoms with van der Waals surface area (Å²) in [5.74, 6) is 0.0232. The van der Waals surface area contributed by atoms with Crippen molar-refractivity contribution in [3.8, 4) is 0 Å². The van der Waals surface area contributed by atoms with Crippen LogP contribution in [-0.2, 0) is 5.33 Å². The van der Waals surface area contributed by atoms with E-state index in [0.717, 1.165) is 11.1 Å². The zero-order valence-electron chi connectivity index (χ0n) is 7.51. The van der Waals surface area contributed by atoms with Gasteiger partial charge >= 0.3 is 0 Å². The average Bonchev–Trinajstić information content (AvgIpc) is 2.16. The Morgan fingerprint density at radius 3 is 2.62 bits per heavy atom. The second-order valence-corrected chi connectivity index (χ2v) is 3.46. The number of carbonyl (C=O) groups excluding carboxylic acids is 1. The van der Waals surface area contributed by atoms with Crippen LogP contribution in [0.5, 0.6) is 0 Å². The average molecular weight is 239 g/mol. The summed E-state index contributed by atoms with van der Waals surface area (Å²) in [7, 11) is 0. The molecule has 0 bridgehead atoms. The Morgan fingerprint density at radius 1 is 1.46 bits per heavy atom. The summed E-state index contributed by atoms with van der Waals surface area (Å²) in [4.78, 5) is 11.6. The molecule has 0 amide bonds. The smallest absolute Gasteiger partial charge is 0.188 e. The molecule has 0 atom stereocenters. The first-order valence-electron chi connectivity index (χ1n) is 4.01. The van der Waals surface area contributed by atoms with Gasteiger partial charge in [0.25, 0.3) is 0 Å². The van der Waals surface area contributed by atoms with E-state index in [9.17, 15) is 4.79 Å². The fraction of sp³-hybridized carbons (Fsp3) is 0.182. The first kappa shape index (κ1) is 10.2. The fourth-order valence-corrected chi connectivity index (χ4v) is 1.58. The van der Waals surface area contributed by atoms with E-state index in [4.69, 9.17) is 0 Å². The molecule has 68 valence electrons. The topological polar surface area (TPSA) is 17.1 Å². The van der Waals surface area contributed by atoms with Gasteiger partial charge in [0.15, 0.2) is 5.78 Å². The lowest BCUT2D eigenvalue weighted by Crippen LogP contribution is -2.02. The molecule has 1 aromatic rings. The maximum absolute atomic E-state index is 11.6. The van der Waals surface area contributed by atoms with Crippen LogP contribution in [0, 0.1) is 0 Å². The van der Waals surface area contributed by atoms with Crippen molar-refractivity contribution in [1.82, 2.24) is 0 Å². The summed E-state index contributed by atoms with van der Waals surface area (Å²) in [6.07, 6.45) is 0. The zero-order chi connectivity index (χ0) is 9.84. The molecular weight excluding hydrogens is 228 g/mol. The molecular formula is C11H11BrO. The van der Waals surface area contributed by atoms with Crippen LogP contribution in [0.3, 0.4) is 0 Å². The van der Waals surface area contributed by atoms with Crippen molar-refractivity contribution in [3.63, 3.8) is 0 Å². The predicted molar refractivity (Wildman–Crippen MR) is 58.2 cm³/mol. The summed E-state index contributed by atoms with van der Waals surface area (Å²) in [5.41, 5.74) is 2.33. The molecule has 0 aliphatic carbocycles. The molecule has 0 saturated carbocycles. The molecule has 1 aromatic carbocycles. The molecule has 0 radical (unpaired) electrons. The van der Waals surface area contributed by atoms with Gasteiger partial charge in [-0.15, -0.1) is 0 Å². The van der Waals surface area contributed by atoms with Crippen molar-refractivity contribution in [3.05, 3.63) is 47.5 Å². The second-order valence-electron chi connectivity index (χ2n) is 2.90. The summed E-state index contributed by atoms with van der Waals surface area (Å²) < 4.78 is 0. The highest BCUT2D eigenvalue weighted by Crippen LogP contribution is 2.15. The molecule has 13 heavy (non-hydrogen) atoms. The monoisotopic (exact) mass is 238 g/mol. The maximum Gasteiger partial charge on any atom is 0.188 e. The molecule has 0 aliphatic rings. The highest BCUT2D eigenvalue weighted by Gasteiger charge is 2.09. The van der Waals surface area contributed by atoms with Crippen molar-refractivity contribution in [1.29, 1.82) is 0 Å². The molecule has 0 aliphatic heterocycles. The largest absolute Gasteiger partial charge is 0.289 e. The van der Waals surface area contributed by atoms with E-state index in [0.29, 0.717) is 10.9 Å². The molecule has 2 heteroatoms. The quantitative estimate of drug-likeness (QED) is 0.449. The van der Waals surface area contributed by atoms with Crippen molar-refractivity contribution in [2.45, 2.75) is 12.3 Å². The van der Waals surface area contributed by atoms with Gasteiger partial charge in [-0.2, -0.15) is 0 Å². The third kappa shape index (κ3) is 2.28. The highest BCUT2D eigenvalue weighted by atomic mass is 79.9. The minimum atomic E-state index is 0.0232. The van der Waals surface area contributed by atoms with Gasteiger partial charge in [0, 0.05) is 10.9 Å². The molecule has 1 nitrogen and oxygen atoms in total. The summed E-state index contributed by atoms with van der Waals surface area (Å²) in [5, 5.41) is 0.697. The van der Waals surface area contributed by atoms with E-state index in [1.54, 1.807) is 6.92 Å². The normalized spacial score (nSPS) is 9.69. The van der Waals surface area contributed by atoms with Crippen LogP contribution in [-0.4, -0.2) is 5.78 Å². The number of alkyl halides is 1. The number of hydrogen-bond acceptors (Lipinski definition) is 1. The molecule has 1 rings (SSSR count). The number of ketones is 1. The summed E-state index contributed by atoms with van der Waals surface area (Å²) in [6.45, 7) is 5.37. The van der Waals surface area contributed by atoms with Crippen LogP contribution >= 0.6 is 15.9 Å². The number of hydrogen-bond donors (Lipinski definition) is 0. The van der Waals surface area contributed by atoms with Gasteiger partial charge in [-0.25, -0.2) is 0 Å². The Balaban J connectivity index is 3.13. The first-order chi connectivity index (χ1) is 6.16. The van der Waals surface area contributed by atoms with Crippen LogP contribution in [0.25, 0.3) is 0 Å². The van der Waals surface area contributed by atoms with Gasteiger partial charge in [0.1, 0.15) is 0 Å². The number of benzene rings is 1. The van der Waals surface area contributed by atoms with Gasteiger partial charge < -0.3 is 0 Å². The minimum Gasteiger partial charge on any atom is -0.289 e. The lowest BCUT2D eigenvalue weighted by atomic mass is 10.0. The van der Waals surface area contributed by atoms with Gasteiger partial charge in [-0.1, -0.05) is 46.8 Å². The van der Waals surface area contributed by atoms with Crippen molar-refractivity contribution >= 4 is 21.7 Å². The van der Waals surface area contributed by atoms with Crippen molar-refractivity contribution in [2.24, 2.45) is 0 Å². The molecule has 0 heterocycles. The Bertz CT molecular complexity index is 342. The van der Waals surface area contributed by atoms with E-state index in [1.807, 2.05) is 24.3 Å². The van der Waals surface area contributed by atoms with Crippen LogP contribution in [0.15, 0.2) is 36.4 Å². The van der Waals surface area contributed by atoms with Crippen LogP contribution in [0.2, 0.25) is 0 Å². The molecule has 0 aromatic heterocycles. The van der Waals surface area contributed by atoms with Gasteiger partial charge in [-0.3, -0.25) is 4.79 Å². The maximum atomic E-state index is 11.6. The van der Waals surface area contributed by atoms with E-state index in [-0.39, 0.29) is 5.78 Å². The Morgan fingerprint density at radius 2 is 2.08 bits per heavy atom. The standard InChI is InChI=1S/C11H11BrO/c1-8(2)11(13)10-6-4-3-5-9(10)7-12/h3-6H,1,7H2,2H3. The number of allylic oxidation sites excluding steroid dienone is 1. The van der Waals surface area contributed by atoms with E-state index >= 15 is 0 Å². The van der Waals surface area contributed by atoms with E-state index in [2.05, 4.69) is 22.5 Å². The molecule has 0 N–H and O–H groups in total. The van der Waals surface area contributed by atoms with Crippen molar-refractivity contribution in [2.75, 3.05) is 0 Å². The molecule has 0 spiro atoms. The zero-order valence-corrected chi connectivity index (χ0v) is 9.10. The Kier molecular flexibility index (Phi) is 3.43. The molecule has 0 saturated heterocycles. The lowest BCUT2D eigenvalue weighted by molar-refractivity contribution is 0.103. The Hall–Kier alpha value is -0.890. The summed E-state index contributed by atoms with van der Waals surface area (Å²) >= 11 is 3.34. The number of rotatable bonds is 3. The lowest BCUT2D eigenvalue weighted by Gasteiger charge is -2.04. The van der Waals surface area contributed by atoms with Crippen LogP contribution in [0.1, 0.15) is 22.8 Å². The van der Waals surface area contributed by atoms with Crippen LogP contribution < -0.4 is 0 Å². The fourth-order valence-electron chi connectivity index (χ4n) is 1.09. The van der Waals surface area contributed by atoms with Gasteiger partial charge in [-0.05, 0) is 18.1 Å². The number of Topliss-reactive ketones (excluding diaryl/α,β-unsaturated/α-hetero) is 1.